The van der Waals surface area contributed by atoms with Gasteiger partial charge in [0, 0.05) is 13.5 Å². The van der Waals surface area contributed by atoms with Gasteiger partial charge >= 0.3 is 0 Å². The monoisotopic (exact) mass is 332 g/mol. The number of likely N-dealkylation sites (tertiary alicyclic amines) is 1. The molecule has 0 radical (unpaired) electrons. The minimum absolute atomic E-state index is 0.0347. The molecule has 1 aromatic carbocycles. The van der Waals surface area contributed by atoms with E-state index in [1.807, 2.05) is 18.4 Å². The Bertz CT molecular complexity index is 741. The highest BCUT2D eigenvalue weighted by molar-refractivity contribution is 7.12. The Kier molecular flexibility index (Phi) is 4.17. The number of hydrogen-bond donors (Lipinski definition) is 1. The number of carbonyl (C=O) groups excluding carboxylic acids is 2. The van der Waals surface area contributed by atoms with Crippen molar-refractivity contribution in [3.63, 3.8) is 0 Å². The third-order valence-corrected chi connectivity index (χ3v) is 5.20. The molecule has 2 heterocycles. The molecular weight excluding hydrogens is 315 g/mol. The quantitative estimate of drug-likeness (QED) is 0.939. The summed E-state index contributed by atoms with van der Waals surface area (Å²) in [4.78, 5) is 26.8. The van der Waals surface area contributed by atoms with Gasteiger partial charge in [0.05, 0.1) is 17.0 Å². The van der Waals surface area contributed by atoms with Crippen molar-refractivity contribution in [2.45, 2.75) is 25.4 Å². The third-order valence-electron chi connectivity index (χ3n) is 4.18. The van der Waals surface area contributed by atoms with Crippen molar-refractivity contribution < 1.29 is 14.0 Å². The molecule has 2 atom stereocenters. The highest BCUT2D eigenvalue weighted by Crippen LogP contribution is 2.32. The van der Waals surface area contributed by atoms with Crippen LogP contribution < -0.4 is 5.32 Å². The number of halogens is 1. The first-order valence-corrected chi connectivity index (χ1v) is 8.21. The molecule has 1 aromatic heterocycles. The molecule has 6 heteroatoms. The molecule has 0 aliphatic carbocycles. The molecule has 1 N–H and O–H groups in total. The van der Waals surface area contributed by atoms with Crippen LogP contribution in [0.2, 0.25) is 0 Å². The number of carbonyl (C=O) groups is 2. The van der Waals surface area contributed by atoms with Crippen LogP contribution >= 0.6 is 11.3 Å². The third kappa shape index (κ3) is 2.99. The van der Waals surface area contributed by atoms with Crippen molar-refractivity contribution in [3.8, 4) is 0 Å². The average Bonchev–Trinajstić information content (AvgIpc) is 3.05. The Morgan fingerprint density at radius 2 is 2.00 bits per heavy atom. The number of likely N-dealkylation sites (N-methyl/N-ethyl adjacent to an activating group) is 1. The van der Waals surface area contributed by atoms with Crippen LogP contribution in [0.5, 0.6) is 0 Å². The molecule has 4 nitrogen and oxygen atoms in total. The fraction of sp³-hybridized carbons (Fsp3) is 0.294. The maximum Gasteiger partial charge on any atom is 0.261 e. The predicted octanol–water partition coefficient (Wildman–Crippen LogP) is 2.90. The van der Waals surface area contributed by atoms with Crippen LogP contribution in [0.4, 0.5) is 4.39 Å². The Hall–Kier alpha value is -2.21. The number of nitrogens with one attached hydrogen (secondary N) is 1. The molecule has 0 saturated carbocycles. The highest BCUT2D eigenvalue weighted by atomic mass is 32.1. The number of aryl methyl sites for hydroxylation is 1. The van der Waals surface area contributed by atoms with Crippen molar-refractivity contribution in [1.82, 2.24) is 10.2 Å². The zero-order chi connectivity index (χ0) is 16.6. The molecule has 1 fully saturated rings. The predicted molar refractivity (Wildman–Crippen MR) is 86.8 cm³/mol. The molecule has 3 rings (SSSR count). The van der Waals surface area contributed by atoms with Gasteiger partial charge in [-0.15, -0.1) is 11.3 Å². The number of amides is 2. The standard InChI is InChI=1S/C17H17FN2O2S/c1-10-7-8-23-16(10)17(22)19-13-9-14(21)20(2)15(13)11-3-5-12(18)6-4-11/h3-8,13,15H,9H2,1-2H3,(H,19,22). The van der Waals surface area contributed by atoms with Gasteiger partial charge in [-0.1, -0.05) is 12.1 Å². The van der Waals surface area contributed by atoms with E-state index >= 15 is 0 Å². The van der Waals surface area contributed by atoms with Gasteiger partial charge in [0.25, 0.3) is 5.91 Å². The maximum absolute atomic E-state index is 13.1. The summed E-state index contributed by atoms with van der Waals surface area (Å²) in [6, 6.07) is 7.33. The van der Waals surface area contributed by atoms with Gasteiger partial charge in [0.2, 0.25) is 5.91 Å². The lowest BCUT2D eigenvalue weighted by molar-refractivity contribution is -0.127. The van der Waals surface area contributed by atoms with Crippen molar-refractivity contribution in [1.29, 1.82) is 0 Å². The summed E-state index contributed by atoms with van der Waals surface area (Å²) in [5.41, 5.74) is 1.73. The van der Waals surface area contributed by atoms with Crippen molar-refractivity contribution in [2.24, 2.45) is 0 Å². The Morgan fingerprint density at radius 3 is 2.61 bits per heavy atom. The fourth-order valence-corrected chi connectivity index (χ4v) is 3.78. The first-order chi connectivity index (χ1) is 11.0. The number of nitrogens with zero attached hydrogens (tertiary/aromatic N) is 1. The van der Waals surface area contributed by atoms with E-state index < -0.39 is 0 Å². The average molecular weight is 332 g/mol. The van der Waals surface area contributed by atoms with Crippen LogP contribution in [0.3, 0.4) is 0 Å². The van der Waals surface area contributed by atoms with E-state index in [0.717, 1.165) is 11.1 Å². The van der Waals surface area contributed by atoms with E-state index in [9.17, 15) is 14.0 Å². The summed E-state index contributed by atoms with van der Waals surface area (Å²) in [6.07, 6.45) is 0.245. The number of benzene rings is 1. The summed E-state index contributed by atoms with van der Waals surface area (Å²) in [5, 5.41) is 4.83. The molecule has 2 amide bonds. The van der Waals surface area contributed by atoms with E-state index in [4.69, 9.17) is 0 Å². The second-order valence-electron chi connectivity index (χ2n) is 5.72. The number of rotatable bonds is 3. The Morgan fingerprint density at radius 1 is 1.30 bits per heavy atom. The second kappa shape index (κ2) is 6.12. The SMILES string of the molecule is Cc1ccsc1C(=O)NC1CC(=O)N(C)C1c1ccc(F)cc1. The molecule has 1 aliphatic rings. The van der Waals surface area contributed by atoms with E-state index in [2.05, 4.69) is 5.32 Å². The molecule has 1 aliphatic heterocycles. The van der Waals surface area contributed by atoms with Gasteiger partial charge in [-0.3, -0.25) is 9.59 Å². The lowest BCUT2D eigenvalue weighted by atomic mass is 10.00. The largest absolute Gasteiger partial charge is 0.346 e. The van der Waals surface area contributed by atoms with Gasteiger partial charge in [-0.05, 0) is 41.6 Å². The lowest BCUT2D eigenvalue weighted by Crippen LogP contribution is -2.38. The van der Waals surface area contributed by atoms with Crippen LogP contribution in [0.25, 0.3) is 0 Å². The lowest BCUT2D eigenvalue weighted by Gasteiger charge is -2.26. The molecule has 0 bridgehead atoms. The molecule has 2 unspecified atom stereocenters. The summed E-state index contributed by atoms with van der Waals surface area (Å²) in [5.74, 6) is -0.527. The van der Waals surface area contributed by atoms with Crippen LogP contribution in [0.15, 0.2) is 35.7 Å². The second-order valence-corrected chi connectivity index (χ2v) is 6.63. The van der Waals surface area contributed by atoms with Crippen molar-refractivity contribution in [3.05, 3.63) is 57.5 Å². The van der Waals surface area contributed by atoms with Gasteiger partial charge in [0.15, 0.2) is 0 Å². The van der Waals surface area contributed by atoms with Crippen molar-refractivity contribution in [2.75, 3.05) is 7.05 Å². The van der Waals surface area contributed by atoms with E-state index in [0.29, 0.717) is 4.88 Å². The summed E-state index contributed by atoms with van der Waals surface area (Å²) < 4.78 is 13.1. The van der Waals surface area contributed by atoms with Crippen LogP contribution in [-0.2, 0) is 4.79 Å². The van der Waals surface area contributed by atoms with Gasteiger partial charge in [-0.2, -0.15) is 0 Å². The van der Waals surface area contributed by atoms with E-state index in [1.165, 1.54) is 23.5 Å². The minimum atomic E-state index is -0.327. The molecule has 2 aromatic rings. The summed E-state index contributed by atoms with van der Waals surface area (Å²) >= 11 is 1.38. The Labute approximate surface area is 137 Å². The molecule has 1 saturated heterocycles. The van der Waals surface area contributed by atoms with Crippen LogP contribution in [-0.4, -0.2) is 29.8 Å². The molecule has 120 valence electrons. The maximum atomic E-state index is 13.1. The number of hydrogen-bond acceptors (Lipinski definition) is 3. The molecule has 23 heavy (non-hydrogen) atoms. The van der Waals surface area contributed by atoms with Crippen molar-refractivity contribution >= 4 is 23.2 Å². The normalized spacial score (nSPS) is 20.8. The number of thiophene rings is 1. The Balaban J connectivity index is 1.85. The summed E-state index contributed by atoms with van der Waals surface area (Å²) in [6.45, 7) is 1.88. The van der Waals surface area contributed by atoms with Gasteiger partial charge in [0.1, 0.15) is 5.82 Å². The first kappa shape index (κ1) is 15.7. The van der Waals surface area contributed by atoms with E-state index in [1.54, 1.807) is 24.1 Å². The summed E-state index contributed by atoms with van der Waals surface area (Å²) in [7, 11) is 1.71. The topological polar surface area (TPSA) is 49.4 Å². The van der Waals surface area contributed by atoms with Gasteiger partial charge < -0.3 is 10.2 Å². The highest BCUT2D eigenvalue weighted by Gasteiger charge is 2.39. The van der Waals surface area contributed by atoms with Crippen LogP contribution in [0, 0.1) is 12.7 Å². The first-order valence-electron chi connectivity index (χ1n) is 7.33. The van der Waals surface area contributed by atoms with Crippen LogP contribution in [0.1, 0.15) is 33.3 Å². The smallest absolute Gasteiger partial charge is 0.261 e. The van der Waals surface area contributed by atoms with E-state index in [-0.39, 0.29) is 36.1 Å². The minimum Gasteiger partial charge on any atom is -0.346 e. The zero-order valence-corrected chi connectivity index (χ0v) is 13.7. The fourth-order valence-electron chi connectivity index (χ4n) is 2.95. The molecular formula is C17H17FN2O2S. The van der Waals surface area contributed by atoms with Gasteiger partial charge in [-0.25, -0.2) is 4.39 Å². The molecule has 0 spiro atoms. The zero-order valence-electron chi connectivity index (χ0n) is 12.9.